The third kappa shape index (κ3) is 6.57. The number of rotatable bonds is 10. The lowest BCUT2D eigenvalue weighted by atomic mass is 10.0. The summed E-state index contributed by atoms with van der Waals surface area (Å²) in [4.78, 5) is 18.0. The number of nitrogens with zero attached hydrogens (tertiary/aromatic N) is 2. The zero-order valence-corrected chi connectivity index (χ0v) is 22.2. The average Bonchev–Trinajstić information content (AvgIpc) is 3.44. The number of esters is 1. The van der Waals surface area contributed by atoms with Gasteiger partial charge in [-0.3, -0.25) is 4.79 Å². The van der Waals surface area contributed by atoms with Gasteiger partial charge in [0.2, 0.25) is 11.8 Å². The smallest absolute Gasteiger partial charge is 0.305 e. The summed E-state index contributed by atoms with van der Waals surface area (Å²) in [5.74, 6) is -1.32. The van der Waals surface area contributed by atoms with Crippen LogP contribution in [0.5, 0.6) is 11.8 Å². The van der Waals surface area contributed by atoms with Gasteiger partial charge in [0.15, 0.2) is 0 Å². The number of benzene rings is 3. The molecule has 0 bridgehead atoms. The van der Waals surface area contributed by atoms with E-state index in [1.807, 2.05) is 65.6 Å². The Bertz CT molecular complexity index is 1430. The third-order valence-corrected chi connectivity index (χ3v) is 6.91. The van der Waals surface area contributed by atoms with Gasteiger partial charge in [-0.15, -0.1) is 0 Å². The van der Waals surface area contributed by atoms with Crippen LogP contribution in [0.3, 0.4) is 0 Å². The van der Waals surface area contributed by atoms with Crippen LogP contribution in [0.4, 0.5) is 14.5 Å². The molecule has 1 aliphatic rings. The first-order chi connectivity index (χ1) is 19.5. The molecule has 0 amide bonds. The number of methoxy groups -OCH3 is 1. The van der Waals surface area contributed by atoms with Crippen LogP contribution in [0.1, 0.15) is 24.0 Å². The number of aromatic nitrogens is 1. The van der Waals surface area contributed by atoms with Crippen LogP contribution in [0, 0.1) is 17.6 Å². The lowest BCUT2D eigenvalue weighted by Gasteiger charge is -2.20. The first-order valence-corrected chi connectivity index (χ1v) is 13.2. The van der Waals surface area contributed by atoms with Gasteiger partial charge in [-0.25, -0.2) is 8.78 Å². The minimum Gasteiger partial charge on any atom is -0.473 e. The maximum atomic E-state index is 15.6. The quantitative estimate of drug-likeness (QED) is 0.210. The summed E-state index contributed by atoms with van der Waals surface area (Å²) >= 11 is 0. The lowest BCUT2D eigenvalue weighted by molar-refractivity contribution is -0.141. The van der Waals surface area contributed by atoms with Gasteiger partial charge in [-0.1, -0.05) is 60.7 Å². The second-order valence-electron chi connectivity index (χ2n) is 9.72. The predicted octanol–water partition coefficient (Wildman–Crippen LogP) is 6.57. The molecule has 1 atom stereocenters. The van der Waals surface area contributed by atoms with E-state index in [9.17, 15) is 4.79 Å². The summed E-state index contributed by atoms with van der Waals surface area (Å²) in [6.07, 6.45) is 1.02. The Morgan fingerprint density at radius 2 is 1.52 bits per heavy atom. The molecule has 1 aromatic heterocycles. The number of pyridine rings is 1. The zero-order chi connectivity index (χ0) is 27.9. The van der Waals surface area contributed by atoms with E-state index >= 15 is 8.78 Å². The van der Waals surface area contributed by atoms with Crippen molar-refractivity contribution in [1.29, 1.82) is 0 Å². The van der Waals surface area contributed by atoms with E-state index in [0.29, 0.717) is 18.8 Å². The second kappa shape index (κ2) is 12.6. The maximum Gasteiger partial charge on any atom is 0.305 e. The molecule has 6 nitrogen and oxygen atoms in total. The molecule has 0 radical (unpaired) electrons. The van der Waals surface area contributed by atoms with Crippen LogP contribution in [-0.2, 0) is 22.7 Å². The Morgan fingerprint density at radius 3 is 2.15 bits per heavy atom. The van der Waals surface area contributed by atoms with Gasteiger partial charge >= 0.3 is 5.97 Å². The van der Waals surface area contributed by atoms with Gasteiger partial charge in [0.1, 0.15) is 24.8 Å². The van der Waals surface area contributed by atoms with Crippen LogP contribution < -0.4 is 14.4 Å². The summed E-state index contributed by atoms with van der Waals surface area (Å²) in [6, 6.07) is 24.9. The molecule has 0 saturated carbocycles. The van der Waals surface area contributed by atoms with Crippen LogP contribution in [0.25, 0.3) is 11.1 Å². The van der Waals surface area contributed by atoms with Crippen molar-refractivity contribution in [3.63, 3.8) is 0 Å². The fourth-order valence-corrected chi connectivity index (χ4v) is 4.81. The monoisotopic (exact) mass is 544 g/mol. The molecule has 40 heavy (non-hydrogen) atoms. The van der Waals surface area contributed by atoms with Crippen molar-refractivity contribution in [2.75, 3.05) is 25.1 Å². The summed E-state index contributed by atoms with van der Waals surface area (Å²) in [5, 5.41) is 0. The van der Waals surface area contributed by atoms with Gasteiger partial charge in [-0.05, 0) is 41.7 Å². The molecule has 1 aliphatic heterocycles. The number of hydrogen-bond acceptors (Lipinski definition) is 6. The first kappa shape index (κ1) is 27.1. The summed E-state index contributed by atoms with van der Waals surface area (Å²) in [5.41, 5.74) is 2.24. The van der Waals surface area contributed by atoms with Gasteiger partial charge in [0.05, 0.1) is 24.7 Å². The molecule has 5 rings (SSSR count). The van der Waals surface area contributed by atoms with E-state index in [0.717, 1.165) is 17.5 Å². The number of anilines is 1. The highest BCUT2D eigenvalue weighted by molar-refractivity contribution is 5.73. The topological polar surface area (TPSA) is 60.9 Å². The van der Waals surface area contributed by atoms with Crippen LogP contribution >= 0.6 is 0 Å². The number of carbonyl (C=O) groups excluding carboxylic acids is 1. The van der Waals surface area contributed by atoms with E-state index in [-0.39, 0.29) is 54.4 Å². The molecular formula is C32H30F2N2O4. The highest BCUT2D eigenvalue weighted by atomic mass is 19.1. The Hall–Kier alpha value is -4.46. The summed E-state index contributed by atoms with van der Waals surface area (Å²) < 4.78 is 47.7. The fraction of sp³-hybridized carbons (Fsp3) is 0.250. The van der Waals surface area contributed by atoms with E-state index < -0.39 is 11.6 Å². The second-order valence-corrected chi connectivity index (χ2v) is 9.72. The molecule has 206 valence electrons. The van der Waals surface area contributed by atoms with Crippen molar-refractivity contribution in [1.82, 2.24) is 4.98 Å². The average molecular weight is 545 g/mol. The van der Waals surface area contributed by atoms with E-state index in [4.69, 9.17) is 14.2 Å². The Kier molecular flexibility index (Phi) is 8.54. The van der Waals surface area contributed by atoms with Gasteiger partial charge < -0.3 is 19.1 Å². The molecule has 3 aromatic carbocycles. The van der Waals surface area contributed by atoms with Crippen LogP contribution in [-0.4, -0.2) is 31.2 Å². The van der Waals surface area contributed by atoms with Crippen molar-refractivity contribution in [3.05, 3.63) is 108 Å². The van der Waals surface area contributed by atoms with Crippen molar-refractivity contribution < 1.29 is 27.8 Å². The molecule has 0 spiro atoms. The Balaban J connectivity index is 1.41. The van der Waals surface area contributed by atoms with Crippen molar-refractivity contribution in [2.24, 2.45) is 5.92 Å². The van der Waals surface area contributed by atoms with Gasteiger partial charge in [0.25, 0.3) is 0 Å². The highest BCUT2D eigenvalue weighted by Gasteiger charge is 2.27. The molecule has 0 aliphatic carbocycles. The number of halogens is 2. The maximum absolute atomic E-state index is 15.6. The molecule has 4 aromatic rings. The summed E-state index contributed by atoms with van der Waals surface area (Å²) in [6.45, 7) is 1.57. The number of carbonyl (C=O) groups is 1. The Labute approximate surface area is 232 Å². The third-order valence-electron chi connectivity index (χ3n) is 6.91. The van der Waals surface area contributed by atoms with E-state index in [1.165, 1.54) is 19.2 Å². The lowest BCUT2D eigenvalue weighted by Crippen LogP contribution is -2.21. The molecule has 2 heterocycles. The minimum atomic E-state index is -0.726. The normalized spacial score (nSPS) is 14.7. The fourth-order valence-electron chi connectivity index (χ4n) is 4.81. The minimum absolute atomic E-state index is 0.0688. The molecule has 1 saturated heterocycles. The van der Waals surface area contributed by atoms with Crippen molar-refractivity contribution in [3.8, 4) is 22.9 Å². The molecule has 8 heteroatoms. The predicted molar refractivity (Wildman–Crippen MR) is 148 cm³/mol. The largest absolute Gasteiger partial charge is 0.473 e. The molecular weight excluding hydrogens is 514 g/mol. The molecule has 1 fully saturated rings. The molecule has 0 N–H and O–H groups in total. The number of hydrogen-bond donors (Lipinski definition) is 0. The van der Waals surface area contributed by atoms with E-state index in [2.05, 4.69) is 4.98 Å². The van der Waals surface area contributed by atoms with Gasteiger partial charge in [-0.2, -0.15) is 4.98 Å². The van der Waals surface area contributed by atoms with E-state index in [1.54, 1.807) is 12.1 Å². The van der Waals surface area contributed by atoms with Crippen molar-refractivity contribution >= 4 is 11.7 Å². The summed E-state index contributed by atoms with van der Waals surface area (Å²) in [7, 11) is 1.35. The van der Waals surface area contributed by atoms with Crippen LogP contribution in [0.2, 0.25) is 0 Å². The first-order valence-electron chi connectivity index (χ1n) is 13.2. The molecule has 0 unspecified atom stereocenters. The highest BCUT2D eigenvalue weighted by Crippen LogP contribution is 2.38. The standard InChI is InChI=1S/C32H30F2N2O4/c1-38-30(37)16-24-14-15-36(19-24)25-17-27(33)31(28(34)18-25)26-12-13-29(39-20-22-8-4-2-5-9-22)35-32(26)40-21-23-10-6-3-7-11-23/h2-13,17-18,24H,14-16,19-21H2,1H3/t24-/m0/s1. The Morgan fingerprint density at radius 1 is 0.900 bits per heavy atom. The van der Waals surface area contributed by atoms with Crippen LogP contribution in [0.15, 0.2) is 84.9 Å². The zero-order valence-electron chi connectivity index (χ0n) is 22.2. The van der Waals surface area contributed by atoms with Crippen molar-refractivity contribution in [2.45, 2.75) is 26.1 Å². The SMILES string of the molecule is COC(=O)C[C@@H]1CCN(c2cc(F)c(-c3ccc(OCc4ccccc4)nc3OCc3ccccc3)c(F)c2)C1. The van der Waals surface area contributed by atoms with Gasteiger partial charge in [0, 0.05) is 24.8 Å². The number of ether oxygens (including phenoxy) is 3.